The molecule has 2 aromatic heterocycles. The van der Waals surface area contributed by atoms with Gasteiger partial charge in [-0.15, -0.1) is 0 Å². The van der Waals surface area contributed by atoms with E-state index >= 15 is 0 Å². The van der Waals surface area contributed by atoms with E-state index in [1.165, 1.54) is 11.5 Å². The molecule has 1 aliphatic heterocycles. The third-order valence-corrected chi connectivity index (χ3v) is 8.52. The summed E-state index contributed by atoms with van der Waals surface area (Å²) in [7, 11) is 3.25. The maximum Gasteiger partial charge on any atom is 0.170 e. The van der Waals surface area contributed by atoms with Gasteiger partial charge in [0, 0.05) is 55.4 Å². The van der Waals surface area contributed by atoms with E-state index in [1.807, 2.05) is 24.3 Å². The molecule has 0 N–H and O–H groups in total. The van der Waals surface area contributed by atoms with Gasteiger partial charge in [0.1, 0.15) is 17.1 Å². The molecule has 0 bridgehead atoms. The minimum Gasteiger partial charge on any atom is -0.388 e. The summed E-state index contributed by atoms with van der Waals surface area (Å²) in [5.41, 5.74) is 4.04. The number of carbonyl (C=O) groups excluding carboxylic acids is 1. The van der Waals surface area contributed by atoms with Gasteiger partial charge in [-0.3, -0.25) is 4.79 Å². The van der Waals surface area contributed by atoms with Crippen molar-refractivity contribution in [1.82, 2.24) is 9.53 Å². The summed E-state index contributed by atoms with van der Waals surface area (Å²) in [6.07, 6.45) is 6.12. The highest BCUT2D eigenvalue weighted by Gasteiger charge is 2.34. The average Bonchev–Trinajstić information content (AvgIpc) is 3.63. The number of benzene rings is 2. The SMILES string of the molecule is COC.O=Cc1nsc2cc(N3CCCC(OCc4c(-c5c(Cl)cccc5Cl)noc4C4CC4)CC3)ccc12. The second kappa shape index (κ2) is 12.8. The van der Waals surface area contributed by atoms with Crippen LogP contribution in [0.5, 0.6) is 0 Å². The first-order chi connectivity index (χ1) is 19.0. The predicted molar refractivity (Wildman–Crippen MR) is 157 cm³/mol. The fraction of sp³-hybridized carbons (Fsp3) is 0.414. The van der Waals surface area contributed by atoms with E-state index in [0.29, 0.717) is 39.5 Å². The first-order valence-corrected chi connectivity index (χ1v) is 14.6. The van der Waals surface area contributed by atoms with E-state index in [-0.39, 0.29) is 6.10 Å². The van der Waals surface area contributed by atoms with Crippen molar-refractivity contribution in [2.75, 3.05) is 32.2 Å². The van der Waals surface area contributed by atoms with Crippen LogP contribution in [0.1, 0.15) is 59.8 Å². The molecule has 1 saturated carbocycles. The molecular weight excluding hydrogens is 557 g/mol. The van der Waals surface area contributed by atoms with Crippen LogP contribution in [-0.4, -0.2) is 49.2 Å². The van der Waals surface area contributed by atoms with Crippen molar-refractivity contribution in [3.63, 3.8) is 0 Å². The Labute approximate surface area is 242 Å². The van der Waals surface area contributed by atoms with Crippen molar-refractivity contribution >= 4 is 56.8 Å². The molecule has 2 aromatic carbocycles. The minimum absolute atomic E-state index is 0.139. The highest BCUT2D eigenvalue weighted by molar-refractivity contribution is 7.13. The highest BCUT2D eigenvalue weighted by Crippen LogP contribution is 2.46. The Morgan fingerprint density at radius 2 is 1.87 bits per heavy atom. The van der Waals surface area contributed by atoms with Gasteiger partial charge in [-0.2, -0.15) is 4.37 Å². The second-order valence-electron chi connectivity index (χ2n) is 9.87. The predicted octanol–water partition coefficient (Wildman–Crippen LogP) is 7.79. The van der Waals surface area contributed by atoms with Crippen molar-refractivity contribution in [3.05, 3.63) is 63.5 Å². The van der Waals surface area contributed by atoms with Gasteiger partial charge in [-0.1, -0.05) is 34.4 Å². The maximum atomic E-state index is 11.2. The molecule has 1 unspecified atom stereocenters. The number of aldehydes is 1. The topological polar surface area (TPSA) is 77.7 Å². The Morgan fingerprint density at radius 1 is 1.10 bits per heavy atom. The molecule has 6 rings (SSSR count). The van der Waals surface area contributed by atoms with E-state index < -0.39 is 0 Å². The monoisotopic (exact) mass is 587 g/mol. The van der Waals surface area contributed by atoms with Crippen molar-refractivity contribution in [2.45, 2.75) is 50.7 Å². The van der Waals surface area contributed by atoms with Gasteiger partial charge in [0.25, 0.3) is 0 Å². The molecular formula is C29H31Cl2N3O4S. The zero-order valence-electron chi connectivity index (χ0n) is 22.0. The molecule has 7 nitrogen and oxygen atoms in total. The van der Waals surface area contributed by atoms with Gasteiger partial charge in [0.05, 0.1) is 27.5 Å². The lowest BCUT2D eigenvalue weighted by molar-refractivity contribution is 0.0328. The lowest BCUT2D eigenvalue weighted by atomic mass is 10.0. The largest absolute Gasteiger partial charge is 0.388 e. The highest BCUT2D eigenvalue weighted by atomic mass is 35.5. The average molecular weight is 589 g/mol. The molecule has 0 amide bonds. The standard InChI is InChI=1S/C27H25Cl2N3O3S.C2H6O/c28-21-4-1-5-22(29)25(21)26-20(27(35-30-26)16-6-7-16)15-34-18-3-2-11-32(12-10-18)17-8-9-19-23(14-33)31-36-24(19)13-17;1-3-2/h1,4-5,8-9,13-14,16,18H,2-3,6-7,10-12,15H2;1-2H3. The van der Waals surface area contributed by atoms with Gasteiger partial charge in [-0.05, 0) is 74.0 Å². The van der Waals surface area contributed by atoms with Crippen molar-refractivity contribution < 1.29 is 18.8 Å². The molecule has 4 aromatic rings. The first-order valence-electron chi connectivity index (χ1n) is 13.1. The second-order valence-corrected chi connectivity index (χ2v) is 11.5. The van der Waals surface area contributed by atoms with Crippen LogP contribution in [-0.2, 0) is 16.1 Å². The smallest absolute Gasteiger partial charge is 0.170 e. The Balaban J connectivity index is 0.000000983. The van der Waals surface area contributed by atoms with Crippen molar-refractivity contribution in [1.29, 1.82) is 0 Å². The number of rotatable bonds is 7. The molecule has 1 aliphatic carbocycles. The van der Waals surface area contributed by atoms with Crippen molar-refractivity contribution in [3.8, 4) is 11.3 Å². The van der Waals surface area contributed by atoms with E-state index in [9.17, 15) is 4.79 Å². The third-order valence-electron chi connectivity index (χ3n) is 7.07. The van der Waals surface area contributed by atoms with Crippen LogP contribution in [0.25, 0.3) is 21.3 Å². The number of fused-ring (bicyclic) bond motifs is 1. The molecule has 39 heavy (non-hydrogen) atoms. The van der Waals surface area contributed by atoms with E-state index in [4.69, 9.17) is 32.5 Å². The summed E-state index contributed by atoms with van der Waals surface area (Å²) < 4.78 is 21.8. The summed E-state index contributed by atoms with van der Waals surface area (Å²) in [5, 5.41) is 6.41. The molecule has 2 fully saturated rings. The lowest BCUT2D eigenvalue weighted by Crippen LogP contribution is -2.24. The van der Waals surface area contributed by atoms with Crippen LogP contribution in [0.15, 0.2) is 40.9 Å². The zero-order chi connectivity index (χ0) is 27.4. The molecule has 3 heterocycles. The van der Waals surface area contributed by atoms with Crippen molar-refractivity contribution in [2.24, 2.45) is 0 Å². The number of hydrogen-bond donors (Lipinski definition) is 0. The number of anilines is 1. The number of methoxy groups -OCH3 is 1. The molecule has 0 spiro atoms. The van der Waals surface area contributed by atoms with Gasteiger partial charge in [0.2, 0.25) is 0 Å². The third kappa shape index (κ3) is 6.31. The minimum atomic E-state index is 0.139. The van der Waals surface area contributed by atoms with Crippen LogP contribution >= 0.6 is 34.7 Å². The Kier molecular flexibility index (Phi) is 9.20. The molecule has 206 valence electrons. The quantitative estimate of drug-likeness (QED) is 0.204. The number of carbonyl (C=O) groups is 1. The van der Waals surface area contributed by atoms with E-state index in [0.717, 1.165) is 78.6 Å². The summed E-state index contributed by atoms with van der Waals surface area (Å²) in [5.74, 6) is 1.31. The zero-order valence-corrected chi connectivity index (χ0v) is 24.3. The van der Waals surface area contributed by atoms with Crippen LogP contribution < -0.4 is 4.90 Å². The van der Waals surface area contributed by atoms with Crippen LogP contribution in [0.3, 0.4) is 0 Å². The first kappa shape index (κ1) is 28.1. The number of nitrogens with zero attached hydrogens (tertiary/aromatic N) is 3. The molecule has 1 saturated heterocycles. The van der Waals surface area contributed by atoms with Gasteiger partial charge in [0.15, 0.2) is 6.29 Å². The molecule has 2 aliphatic rings. The maximum absolute atomic E-state index is 11.2. The summed E-state index contributed by atoms with van der Waals surface area (Å²) >= 11 is 14.4. The fourth-order valence-corrected chi connectivity index (χ4v) is 6.33. The molecule has 1 atom stereocenters. The lowest BCUT2D eigenvalue weighted by Gasteiger charge is -2.23. The summed E-state index contributed by atoms with van der Waals surface area (Å²) in [6, 6.07) is 11.7. The number of aromatic nitrogens is 2. The Hall–Kier alpha value is -2.49. The van der Waals surface area contributed by atoms with Crippen LogP contribution in [0.4, 0.5) is 5.69 Å². The fourth-order valence-electron chi connectivity index (χ4n) is 4.97. The van der Waals surface area contributed by atoms with Crippen LogP contribution in [0, 0.1) is 0 Å². The normalized spacial score (nSPS) is 17.5. The molecule has 10 heteroatoms. The number of hydrogen-bond acceptors (Lipinski definition) is 8. The van der Waals surface area contributed by atoms with E-state index in [2.05, 4.69) is 31.3 Å². The Morgan fingerprint density at radius 3 is 2.59 bits per heavy atom. The van der Waals surface area contributed by atoms with E-state index in [1.54, 1.807) is 14.2 Å². The van der Waals surface area contributed by atoms with Gasteiger partial charge >= 0.3 is 0 Å². The van der Waals surface area contributed by atoms with Gasteiger partial charge < -0.3 is 18.9 Å². The number of ether oxygens (including phenoxy) is 2. The van der Waals surface area contributed by atoms with Gasteiger partial charge in [-0.25, -0.2) is 0 Å². The van der Waals surface area contributed by atoms with Crippen LogP contribution in [0.2, 0.25) is 10.0 Å². The number of halogens is 2. The summed E-state index contributed by atoms with van der Waals surface area (Å²) in [4.78, 5) is 13.6. The summed E-state index contributed by atoms with van der Waals surface area (Å²) in [6.45, 7) is 2.29. The Bertz CT molecular complexity index is 1420. The molecule has 0 radical (unpaired) electrons.